The molecule has 0 saturated carbocycles. The number of carbonyl (C=O) groups excluding carboxylic acids is 1. The van der Waals surface area contributed by atoms with Crippen LogP contribution in [0.15, 0.2) is 34.3 Å². The zero-order valence-corrected chi connectivity index (χ0v) is 14.7. The number of aromatic nitrogens is 3. The van der Waals surface area contributed by atoms with E-state index in [0.29, 0.717) is 31.1 Å². The average molecular weight is 348 g/mol. The summed E-state index contributed by atoms with van der Waals surface area (Å²) in [4.78, 5) is 23.1. The summed E-state index contributed by atoms with van der Waals surface area (Å²) >= 11 is 1.63. The Morgan fingerprint density at radius 2 is 2.21 bits per heavy atom. The number of carbonyl (C=O) groups is 1. The highest BCUT2D eigenvalue weighted by Gasteiger charge is 2.32. The van der Waals surface area contributed by atoms with Crippen molar-refractivity contribution < 1.29 is 14.1 Å². The number of thioether (sulfide) groups is 1. The monoisotopic (exact) mass is 348 g/mol. The molecule has 8 heteroatoms. The second-order valence-electron chi connectivity index (χ2n) is 6.48. The van der Waals surface area contributed by atoms with Crippen LogP contribution in [0.5, 0.6) is 0 Å². The van der Waals surface area contributed by atoms with E-state index in [1.165, 1.54) is 6.39 Å². The molecule has 1 fully saturated rings. The molecule has 0 aliphatic carbocycles. The molecule has 0 N–H and O–H groups in total. The van der Waals surface area contributed by atoms with E-state index in [-0.39, 0.29) is 16.7 Å². The van der Waals surface area contributed by atoms with E-state index >= 15 is 0 Å². The van der Waals surface area contributed by atoms with Crippen molar-refractivity contribution in [3.8, 4) is 0 Å². The molecule has 128 valence electrons. The fourth-order valence-electron chi connectivity index (χ4n) is 2.46. The average Bonchev–Trinajstić information content (AvgIpc) is 3.07. The van der Waals surface area contributed by atoms with Gasteiger partial charge in [-0.1, -0.05) is 25.9 Å². The highest BCUT2D eigenvalue weighted by molar-refractivity contribution is 8.00. The summed E-state index contributed by atoms with van der Waals surface area (Å²) in [7, 11) is 0. The van der Waals surface area contributed by atoms with Crippen molar-refractivity contribution >= 4 is 17.7 Å². The highest BCUT2D eigenvalue weighted by atomic mass is 32.2. The van der Waals surface area contributed by atoms with Crippen molar-refractivity contribution in [2.45, 2.75) is 36.6 Å². The van der Waals surface area contributed by atoms with Crippen LogP contribution in [-0.2, 0) is 4.74 Å². The zero-order valence-electron chi connectivity index (χ0n) is 13.9. The van der Waals surface area contributed by atoms with Crippen LogP contribution in [-0.4, -0.2) is 50.4 Å². The van der Waals surface area contributed by atoms with Crippen molar-refractivity contribution in [3.05, 3.63) is 36.1 Å². The number of amides is 1. The van der Waals surface area contributed by atoms with E-state index < -0.39 is 0 Å². The minimum Gasteiger partial charge on any atom is -0.377 e. The Bertz CT molecular complexity index is 700. The Morgan fingerprint density at radius 1 is 1.38 bits per heavy atom. The molecule has 1 amide bonds. The van der Waals surface area contributed by atoms with E-state index in [2.05, 4.69) is 35.9 Å². The van der Waals surface area contributed by atoms with Crippen molar-refractivity contribution in [2.75, 3.05) is 19.8 Å². The van der Waals surface area contributed by atoms with Crippen molar-refractivity contribution in [3.63, 3.8) is 0 Å². The van der Waals surface area contributed by atoms with E-state index in [4.69, 9.17) is 9.26 Å². The fourth-order valence-corrected chi connectivity index (χ4v) is 3.39. The lowest BCUT2D eigenvalue weighted by Gasteiger charge is -2.33. The summed E-state index contributed by atoms with van der Waals surface area (Å²) in [6.45, 7) is 7.68. The van der Waals surface area contributed by atoms with Crippen LogP contribution in [0.2, 0.25) is 0 Å². The first kappa shape index (κ1) is 16.9. The molecule has 0 radical (unpaired) electrons. The molecule has 0 unspecified atom stereocenters. The van der Waals surface area contributed by atoms with Crippen molar-refractivity contribution in [2.24, 2.45) is 0 Å². The molecule has 1 aliphatic heterocycles. The van der Waals surface area contributed by atoms with E-state index in [0.717, 1.165) is 5.03 Å². The van der Waals surface area contributed by atoms with Crippen LogP contribution in [0.25, 0.3) is 0 Å². The predicted molar refractivity (Wildman–Crippen MR) is 88.7 cm³/mol. The van der Waals surface area contributed by atoms with Gasteiger partial charge in [-0.25, -0.2) is 4.98 Å². The topological polar surface area (TPSA) is 81.4 Å². The minimum absolute atomic E-state index is 0.0286. The standard InChI is InChI=1S/C16H20N4O3S/c1-16(2,3)24-13-8-11(4-5-17-13)15(21)20-6-7-22-9-12(20)14-18-10-23-19-14/h4-5,8,10,12H,6-7,9H2,1-3H3/t12-/m1/s1. The molecule has 1 aliphatic rings. The largest absolute Gasteiger partial charge is 0.377 e. The lowest BCUT2D eigenvalue weighted by Crippen LogP contribution is -2.43. The van der Waals surface area contributed by atoms with E-state index in [1.807, 2.05) is 6.07 Å². The number of rotatable bonds is 3. The summed E-state index contributed by atoms with van der Waals surface area (Å²) in [5, 5.41) is 4.69. The molecule has 3 rings (SSSR count). The molecule has 1 saturated heterocycles. The quantitative estimate of drug-likeness (QED) is 0.789. The van der Waals surface area contributed by atoms with Crippen molar-refractivity contribution in [1.29, 1.82) is 0 Å². The minimum atomic E-state index is -0.336. The maximum Gasteiger partial charge on any atom is 0.254 e. The third-order valence-corrected chi connectivity index (χ3v) is 4.50. The fraction of sp³-hybridized carbons (Fsp3) is 0.500. The second-order valence-corrected chi connectivity index (χ2v) is 8.32. The third kappa shape index (κ3) is 3.93. The number of morpholine rings is 1. The summed E-state index contributed by atoms with van der Waals surface area (Å²) in [6, 6.07) is 3.23. The number of hydrogen-bond acceptors (Lipinski definition) is 7. The smallest absolute Gasteiger partial charge is 0.254 e. The lowest BCUT2D eigenvalue weighted by molar-refractivity contribution is -0.00579. The van der Waals surface area contributed by atoms with Gasteiger partial charge >= 0.3 is 0 Å². The van der Waals surface area contributed by atoms with Gasteiger partial charge in [-0.05, 0) is 12.1 Å². The third-order valence-electron chi connectivity index (χ3n) is 3.46. The van der Waals surface area contributed by atoms with Gasteiger partial charge in [0.2, 0.25) is 6.39 Å². The van der Waals surface area contributed by atoms with Gasteiger partial charge in [0.1, 0.15) is 6.04 Å². The maximum atomic E-state index is 13.0. The molecule has 0 bridgehead atoms. The van der Waals surface area contributed by atoms with Gasteiger partial charge in [0.25, 0.3) is 5.91 Å². The van der Waals surface area contributed by atoms with Gasteiger partial charge in [0.15, 0.2) is 5.82 Å². The molecular formula is C16H20N4O3S. The molecule has 24 heavy (non-hydrogen) atoms. The summed E-state index contributed by atoms with van der Waals surface area (Å²) in [6.07, 6.45) is 2.93. The summed E-state index contributed by atoms with van der Waals surface area (Å²) in [5.74, 6) is 0.382. The molecule has 3 heterocycles. The van der Waals surface area contributed by atoms with Crippen LogP contribution in [0.3, 0.4) is 0 Å². The highest BCUT2D eigenvalue weighted by Crippen LogP contribution is 2.31. The maximum absolute atomic E-state index is 13.0. The first-order chi connectivity index (χ1) is 11.4. The molecule has 2 aromatic heterocycles. The van der Waals surface area contributed by atoms with Crippen LogP contribution in [0, 0.1) is 0 Å². The summed E-state index contributed by atoms with van der Waals surface area (Å²) < 4.78 is 10.3. The molecule has 2 aromatic rings. The van der Waals surface area contributed by atoms with Gasteiger partial charge < -0.3 is 14.2 Å². The van der Waals surface area contributed by atoms with Crippen LogP contribution in [0.4, 0.5) is 0 Å². The van der Waals surface area contributed by atoms with Gasteiger partial charge in [-0.15, -0.1) is 11.8 Å². The van der Waals surface area contributed by atoms with Gasteiger partial charge in [0, 0.05) is 23.1 Å². The van der Waals surface area contributed by atoms with Gasteiger partial charge in [-0.2, -0.15) is 4.98 Å². The van der Waals surface area contributed by atoms with Gasteiger partial charge in [-0.3, -0.25) is 4.79 Å². The molecule has 0 aromatic carbocycles. The lowest BCUT2D eigenvalue weighted by atomic mass is 10.1. The molecule has 0 spiro atoms. The van der Waals surface area contributed by atoms with Crippen LogP contribution >= 0.6 is 11.8 Å². The Labute approximate surface area is 144 Å². The van der Waals surface area contributed by atoms with E-state index in [1.54, 1.807) is 28.9 Å². The SMILES string of the molecule is CC(C)(C)Sc1cc(C(=O)N2CCOC[C@@H]2c2ncon2)ccn1. The second kappa shape index (κ2) is 6.90. The number of ether oxygens (including phenoxy) is 1. The summed E-state index contributed by atoms with van der Waals surface area (Å²) in [5.41, 5.74) is 0.604. The van der Waals surface area contributed by atoms with Crippen LogP contribution < -0.4 is 0 Å². The normalized spacial score (nSPS) is 18.6. The van der Waals surface area contributed by atoms with Crippen LogP contribution in [0.1, 0.15) is 43.0 Å². The Morgan fingerprint density at radius 3 is 2.92 bits per heavy atom. The van der Waals surface area contributed by atoms with E-state index in [9.17, 15) is 4.79 Å². The number of hydrogen-bond donors (Lipinski definition) is 0. The molecule has 7 nitrogen and oxygen atoms in total. The Kier molecular flexibility index (Phi) is 4.86. The van der Waals surface area contributed by atoms with Crippen molar-refractivity contribution in [1.82, 2.24) is 20.0 Å². The predicted octanol–water partition coefficient (Wildman–Crippen LogP) is 2.57. The number of nitrogens with zero attached hydrogens (tertiary/aromatic N) is 4. The number of pyridine rings is 1. The Hall–Kier alpha value is -1.93. The first-order valence-electron chi connectivity index (χ1n) is 7.74. The zero-order chi connectivity index (χ0) is 17.2. The van der Waals surface area contributed by atoms with Gasteiger partial charge in [0.05, 0.1) is 18.2 Å². The Balaban J connectivity index is 1.83. The first-order valence-corrected chi connectivity index (χ1v) is 8.56. The molecule has 1 atom stereocenters. The molecular weight excluding hydrogens is 328 g/mol.